The molecule has 0 radical (unpaired) electrons. The second kappa shape index (κ2) is 15.2. The van der Waals surface area contributed by atoms with Crippen molar-refractivity contribution in [2.45, 2.75) is 109 Å². The Morgan fingerprint density at radius 3 is 2.38 bits per heavy atom. The number of ether oxygens (including phenoxy) is 1. The number of nitrogens with zero attached hydrogens (tertiary/aromatic N) is 1. The van der Waals surface area contributed by atoms with Crippen LogP contribution in [-0.2, 0) is 11.2 Å². The van der Waals surface area contributed by atoms with Crippen LogP contribution in [0.4, 0.5) is 4.39 Å². The summed E-state index contributed by atoms with van der Waals surface area (Å²) in [6, 6.07) is 11.0. The summed E-state index contributed by atoms with van der Waals surface area (Å²) < 4.78 is 19.1. The van der Waals surface area contributed by atoms with Gasteiger partial charge in [0.05, 0.1) is 6.10 Å². The number of halogens is 1. The summed E-state index contributed by atoms with van der Waals surface area (Å²) in [4.78, 5) is 0. The van der Waals surface area contributed by atoms with Gasteiger partial charge in [-0.15, -0.1) is 0 Å². The summed E-state index contributed by atoms with van der Waals surface area (Å²) in [5, 5.41) is 8.40. The van der Waals surface area contributed by atoms with Gasteiger partial charge < -0.3 is 4.74 Å². The first-order valence-electron chi connectivity index (χ1n) is 13.8. The van der Waals surface area contributed by atoms with E-state index in [9.17, 15) is 4.39 Å². The lowest BCUT2D eigenvalue weighted by Crippen LogP contribution is -2.25. The van der Waals surface area contributed by atoms with Gasteiger partial charge in [-0.3, -0.25) is 0 Å². The summed E-state index contributed by atoms with van der Waals surface area (Å²) >= 11 is 0. The number of benzene rings is 1. The predicted molar refractivity (Wildman–Crippen MR) is 139 cm³/mol. The van der Waals surface area contributed by atoms with E-state index < -0.39 is 5.83 Å². The van der Waals surface area contributed by atoms with Crippen molar-refractivity contribution < 1.29 is 9.13 Å². The first-order chi connectivity index (χ1) is 16.7. The molecule has 2 nitrogen and oxygen atoms in total. The van der Waals surface area contributed by atoms with Gasteiger partial charge in [0, 0.05) is 6.61 Å². The van der Waals surface area contributed by atoms with Gasteiger partial charge in [-0.05, 0) is 99.2 Å². The minimum absolute atomic E-state index is 0.453. The molecule has 2 aliphatic carbocycles. The van der Waals surface area contributed by atoms with Crippen LogP contribution in [0, 0.1) is 23.2 Å². The molecule has 0 N–H and O–H groups in total. The zero-order valence-electron chi connectivity index (χ0n) is 21.2. The monoisotopic (exact) mass is 465 g/mol. The van der Waals surface area contributed by atoms with E-state index >= 15 is 0 Å². The van der Waals surface area contributed by atoms with Crippen LogP contribution in [-0.4, -0.2) is 12.7 Å². The lowest BCUT2D eigenvalue weighted by Gasteiger charge is -2.32. The van der Waals surface area contributed by atoms with Gasteiger partial charge in [-0.1, -0.05) is 69.0 Å². The Balaban J connectivity index is 1.27. The predicted octanol–water partition coefficient (Wildman–Crippen LogP) is 8.98. The second-order valence-electron chi connectivity index (χ2n) is 10.5. The maximum absolute atomic E-state index is 12.8. The topological polar surface area (TPSA) is 33.0 Å². The molecule has 2 fully saturated rings. The first kappa shape index (κ1) is 26.7. The van der Waals surface area contributed by atoms with Gasteiger partial charge in [0.1, 0.15) is 6.07 Å². The molecule has 0 spiro atoms. The molecule has 0 aliphatic heterocycles. The average molecular weight is 466 g/mol. The normalized spacial score (nSPS) is 26.0. The molecule has 0 unspecified atom stereocenters. The third-order valence-electron chi connectivity index (χ3n) is 7.96. The molecule has 0 aromatic heterocycles. The van der Waals surface area contributed by atoms with Crippen molar-refractivity contribution in [2.24, 2.45) is 11.8 Å². The fourth-order valence-corrected chi connectivity index (χ4v) is 5.68. The fourth-order valence-electron chi connectivity index (χ4n) is 5.68. The highest BCUT2D eigenvalue weighted by Gasteiger charge is 2.25. The largest absolute Gasteiger partial charge is 0.378 e. The van der Waals surface area contributed by atoms with E-state index in [-0.39, 0.29) is 0 Å². The number of nitriles is 1. The van der Waals surface area contributed by atoms with Gasteiger partial charge in [0.15, 0.2) is 5.83 Å². The van der Waals surface area contributed by atoms with E-state index in [1.165, 1.54) is 100 Å². The van der Waals surface area contributed by atoms with Gasteiger partial charge >= 0.3 is 0 Å². The van der Waals surface area contributed by atoms with Crippen molar-refractivity contribution in [1.29, 1.82) is 5.26 Å². The van der Waals surface area contributed by atoms with Crippen LogP contribution < -0.4 is 0 Å². The number of hydrogen-bond donors (Lipinski definition) is 0. The molecule has 3 rings (SSSR count). The molecule has 2 saturated carbocycles. The molecule has 1 aromatic rings. The van der Waals surface area contributed by atoms with Gasteiger partial charge in [-0.2, -0.15) is 9.65 Å². The zero-order valence-corrected chi connectivity index (χ0v) is 21.2. The van der Waals surface area contributed by atoms with Gasteiger partial charge in [0.25, 0.3) is 0 Å². The van der Waals surface area contributed by atoms with Crippen molar-refractivity contribution in [1.82, 2.24) is 0 Å². The first-order valence-corrected chi connectivity index (χ1v) is 13.8. The minimum atomic E-state index is -0.725. The maximum atomic E-state index is 12.8. The van der Waals surface area contributed by atoms with Crippen LogP contribution in [0.25, 0.3) is 0 Å². The Kier molecular flexibility index (Phi) is 11.9. The minimum Gasteiger partial charge on any atom is -0.378 e. The van der Waals surface area contributed by atoms with E-state index in [0.717, 1.165) is 31.3 Å². The Hall–Kier alpha value is -1.92. The van der Waals surface area contributed by atoms with E-state index in [4.69, 9.17) is 10.00 Å². The molecule has 0 atom stereocenters. The highest BCUT2D eigenvalue weighted by molar-refractivity contribution is 5.26. The van der Waals surface area contributed by atoms with E-state index in [0.29, 0.717) is 12.0 Å². The third kappa shape index (κ3) is 9.38. The lowest BCUT2D eigenvalue weighted by molar-refractivity contribution is -0.00474. The number of allylic oxidation sites excluding steroid dienone is 4. The van der Waals surface area contributed by atoms with Crippen LogP contribution >= 0.6 is 0 Å². The molecule has 34 heavy (non-hydrogen) atoms. The van der Waals surface area contributed by atoms with Crippen LogP contribution in [0.5, 0.6) is 0 Å². The van der Waals surface area contributed by atoms with E-state index in [1.807, 2.05) is 6.08 Å². The zero-order chi connectivity index (χ0) is 24.0. The Labute approximate surface area is 207 Å². The summed E-state index contributed by atoms with van der Waals surface area (Å²) in [6.07, 6.45) is 22.6. The average Bonchev–Trinajstić information content (AvgIpc) is 2.89. The van der Waals surface area contributed by atoms with Crippen LogP contribution in [0.3, 0.4) is 0 Å². The van der Waals surface area contributed by atoms with Gasteiger partial charge in [-0.25, -0.2) is 0 Å². The van der Waals surface area contributed by atoms with E-state index in [1.54, 1.807) is 6.08 Å². The molecule has 2 aliphatic rings. The number of rotatable bonds is 12. The molecule has 0 heterocycles. The lowest BCUT2D eigenvalue weighted by atomic mass is 9.80. The smallest absolute Gasteiger partial charge is 0.199 e. The molecule has 0 amide bonds. The van der Waals surface area contributed by atoms with Crippen molar-refractivity contribution in [3.8, 4) is 6.07 Å². The summed E-state index contributed by atoms with van der Waals surface area (Å²) in [6.45, 7) is 3.20. The van der Waals surface area contributed by atoms with Crippen molar-refractivity contribution in [2.75, 3.05) is 6.61 Å². The summed E-state index contributed by atoms with van der Waals surface area (Å²) in [5.41, 5.74) is 3.01. The fraction of sp³-hybridized carbons (Fsp3) is 0.645. The molecular formula is C31H44FNO. The molecular weight excluding hydrogens is 421 g/mol. The molecule has 1 aromatic carbocycles. The number of unbranched alkanes of at least 4 members (excludes halogenated alkanes) is 2. The van der Waals surface area contributed by atoms with Gasteiger partial charge in [0.2, 0.25) is 0 Å². The summed E-state index contributed by atoms with van der Waals surface area (Å²) in [7, 11) is 0. The highest BCUT2D eigenvalue weighted by Crippen LogP contribution is 2.36. The quantitative estimate of drug-likeness (QED) is 0.175. The second-order valence-corrected chi connectivity index (χ2v) is 10.5. The molecule has 186 valence electrons. The summed E-state index contributed by atoms with van der Waals surface area (Å²) in [5.74, 6) is 1.48. The highest BCUT2D eigenvalue weighted by atomic mass is 19.1. The molecule has 0 bridgehead atoms. The third-order valence-corrected chi connectivity index (χ3v) is 7.96. The van der Waals surface area contributed by atoms with Crippen molar-refractivity contribution in [3.63, 3.8) is 0 Å². The van der Waals surface area contributed by atoms with Crippen molar-refractivity contribution in [3.05, 3.63) is 59.4 Å². The molecule has 0 saturated heterocycles. The maximum Gasteiger partial charge on any atom is 0.199 e. The molecule has 3 heteroatoms. The Morgan fingerprint density at radius 2 is 1.71 bits per heavy atom. The van der Waals surface area contributed by atoms with Crippen LogP contribution in [0.15, 0.2) is 48.3 Å². The number of aryl methyl sites for hydroxylation is 1. The van der Waals surface area contributed by atoms with E-state index in [2.05, 4.69) is 31.2 Å². The number of hydrogen-bond acceptors (Lipinski definition) is 2. The Bertz CT molecular complexity index is 790. The van der Waals surface area contributed by atoms with Crippen molar-refractivity contribution >= 4 is 0 Å². The standard InChI is InChI=1S/C31H44FNO/c1-2-3-5-8-26-15-17-28(18-16-26)29-19-21-31(22-20-29)34-24-27-13-11-25(12-14-27)9-6-4-7-10-30(32)23-33/h4,7,10,15-18,25,27,29,31H,2-3,5-6,8-9,11-14,19-22,24H2,1H3/b7-4+,30-10-/t25-,27-,29-,31-. The van der Waals surface area contributed by atoms with Crippen LogP contribution in [0.1, 0.15) is 107 Å². The SMILES string of the molecule is CCCCCc1ccc([C@H]2CC[C@H](OC[C@H]3CC[C@H](CC/C=C/C=C(\F)C#N)CC3)CC2)cc1. The van der Waals surface area contributed by atoms with Crippen LogP contribution in [0.2, 0.25) is 0 Å². The Morgan fingerprint density at radius 1 is 1.00 bits per heavy atom.